The Kier molecular flexibility index (Phi) is 4.75. The van der Waals surface area contributed by atoms with Crippen LogP contribution in [0.1, 0.15) is 10.4 Å². The molecule has 2 N–H and O–H groups in total. The van der Waals surface area contributed by atoms with Gasteiger partial charge >= 0.3 is 5.97 Å². The Labute approximate surface area is 170 Å². The molecule has 0 fully saturated rings. The van der Waals surface area contributed by atoms with E-state index in [9.17, 15) is 14.4 Å². The van der Waals surface area contributed by atoms with Crippen molar-refractivity contribution in [3.8, 4) is 0 Å². The van der Waals surface area contributed by atoms with Gasteiger partial charge in [0.05, 0.1) is 12.6 Å². The van der Waals surface area contributed by atoms with Gasteiger partial charge in [0.15, 0.2) is 5.58 Å². The molecule has 0 bridgehead atoms. The van der Waals surface area contributed by atoms with Gasteiger partial charge in [-0.15, -0.1) is 0 Å². The molecule has 2 aromatic carbocycles. The highest BCUT2D eigenvalue weighted by Crippen LogP contribution is 2.23. The molecule has 0 saturated heterocycles. The van der Waals surface area contributed by atoms with Crippen LogP contribution < -0.4 is 21.1 Å². The number of anilines is 3. The van der Waals surface area contributed by atoms with Crippen molar-refractivity contribution in [1.29, 1.82) is 0 Å². The molecule has 4 rings (SSSR count). The predicted octanol–water partition coefficient (Wildman–Crippen LogP) is 2.80. The number of rotatable bonds is 4. The van der Waals surface area contributed by atoms with Crippen molar-refractivity contribution in [1.82, 2.24) is 4.98 Å². The number of carbonyl (C=O) groups is 1. The number of hydrogen-bond acceptors (Lipinski definition) is 7. The van der Waals surface area contributed by atoms with Crippen LogP contribution in [0.25, 0.3) is 11.1 Å². The van der Waals surface area contributed by atoms with Crippen molar-refractivity contribution < 1.29 is 13.9 Å². The minimum Gasteiger partial charge on any atom is -0.465 e. The van der Waals surface area contributed by atoms with Gasteiger partial charge in [-0.2, -0.15) is 0 Å². The van der Waals surface area contributed by atoms with E-state index in [0.717, 1.165) is 5.69 Å². The second kappa shape index (κ2) is 7.40. The topological polar surface area (TPSA) is 105 Å². The summed E-state index contributed by atoms with van der Waals surface area (Å²) in [4.78, 5) is 43.3. The standard InChI is InChI=1S/C22H19N3O5/c1-25(2)13-9-10-14-15(11-13)30-21-18(24-14)16(22(28)29-3)17(19(26)20(21)27)23-12-7-5-4-6-8-12/h4-11,23-24H,1-3H3. The number of nitrogens with zero attached hydrogens (tertiary/aromatic N) is 1. The van der Waals surface area contributed by atoms with Gasteiger partial charge in [0.1, 0.15) is 16.6 Å². The fourth-order valence-electron chi connectivity index (χ4n) is 3.21. The molecule has 0 unspecified atom stereocenters. The molecule has 0 atom stereocenters. The largest absolute Gasteiger partial charge is 0.465 e. The Bertz CT molecular complexity index is 1440. The molecule has 0 spiro atoms. The summed E-state index contributed by atoms with van der Waals surface area (Å²) in [7, 11) is 4.95. The van der Waals surface area contributed by atoms with E-state index in [1.807, 2.05) is 31.1 Å². The molecular formula is C22H19N3O5. The number of esters is 1. The van der Waals surface area contributed by atoms with Crippen molar-refractivity contribution in [2.45, 2.75) is 0 Å². The van der Waals surface area contributed by atoms with Crippen LogP contribution in [0.2, 0.25) is 0 Å². The molecule has 2 aliphatic rings. The van der Waals surface area contributed by atoms with Gasteiger partial charge in [-0.25, -0.2) is 4.79 Å². The Balaban J connectivity index is 2.11. The first-order valence-corrected chi connectivity index (χ1v) is 9.15. The van der Waals surface area contributed by atoms with Crippen molar-refractivity contribution >= 4 is 34.1 Å². The first-order chi connectivity index (χ1) is 14.4. The maximum atomic E-state index is 12.9. The van der Waals surface area contributed by atoms with Gasteiger partial charge < -0.3 is 24.4 Å². The monoisotopic (exact) mass is 405 g/mol. The van der Waals surface area contributed by atoms with E-state index in [4.69, 9.17) is 9.15 Å². The van der Waals surface area contributed by atoms with Gasteiger partial charge in [0, 0.05) is 31.5 Å². The van der Waals surface area contributed by atoms with E-state index in [0.29, 0.717) is 16.8 Å². The molecule has 1 aliphatic carbocycles. The lowest BCUT2D eigenvalue weighted by atomic mass is 10.1. The minimum atomic E-state index is -0.882. The highest BCUT2D eigenvalue weighted by Gasteiger charge is 2.23. The molecule has 30 heavy (non-hydrogen) atoms. The lowest BCUT2D eigenvalue weighted by molar-refractivity contribution is 0.0600. The number of benzene rings is 2. The molecule has 2 aromatic rings. The number of methoxy groups -OCH3 is 1. The lowest BCUT2D eigenvalue weighted by Gasteiger charge is -2.14. The van der Waals surface area contributed by atoms with Crippen LogP contribution in [-0.2, 0) is 4.74 Å². The minimum absolute atomic E-state index is 0.0926. The van der Waals surface area contributed by atoms with Crippen LogP contribution in [-0.4, -0.2) is 32.2 Å². The first kappa shape index (κ1) is 19.3. The zero-order chi connectivity index (χ0) is 21.4. The summed E-state index contributed by atoms with van der Waals surface area (Å²) in [6.07, 6.45) is 0. The SMILES string of the molecule is COC(=O)c1c(Nc2ccccc2)c(=O)c(=O)c2oc3cc(N(C)C)ccc3[nH]c1=2. The molecule has 8 heteroatoms. The highest BCUT2D eigenvalue weighted by atomic mass is 16.5. The number of nitrogens with one attached hydrogen (secondary N) is 2. The molecule has 1 heterocycles. The summed E-state index contributed by atoms with van der Waals surface area (Å²) >= 11 is 0. The summed E-state index contributed by atoms with van der Waals surface area (Å²) in [5.74, 6) is -0.772. The predicted molar refractivity (Wildman–Crippen MR) is 114 cm³/mol. The summed E-state index contributed by atoms with van der Waals surface area (Å²) in [5, 5.41) is 2.97. The van der Waals surface area contributed by atoms with E-state index in [1.54, 1.807) is 36.4 Å². The number of carbonyl (C=O) groups excluding carboxylic acids is 1. The van der Waals surface area contributed by atoms with Crippen molar-refractivity contribution in [3.05, 3.63) is 85.3 Å². The van der Waals surface area contributed by atoms with Crippen LogP contribution in [0.4, 0.5) is 17.1 Å². The van der Waals surface area contributed by atoms with Crippen molar-refractivity contribution in [2.24, 2.45) is 0 Å². The zero-order valence-corrected chi connectivity index (χ0v) is 16.6. The van der Waals surface area contributed by atoms with Gasteiger partial charge in [0.2, 0.25) is 5.42 Å². The van der Waals surface area contributed by atoms with Crippen LogP contribution in [0.3, 0.4) is 0 Å². The highest BCUT2D eigenvalue weighted by molar-refractivity contribution is 5.96. The number of H-pyrrole nitrogens is 1. The molecular weight excluding hydrogens is 386 g/mol. The third-order valence-corrected chi connectivity index (χ3v) is 4.75. The molecule has 8 nitrogen and oxygen atoms in total. The maximum absolute atomic E-state index is 12.9. The molecule has 1 aliphatic heterocycles. The maximum Gasteiger partial charge on any atom is 0.342 e. The van der Waals surface area contributed by atoms with Gasteiger partial charge in [-0.05, 0) is 24.3 Å². The molecule has 0 saturated carbocycles. The van der Waals surface area contributed by atoms with Crippen LogP contribution in [0, 0.1) is 10.8 Å². The van der Waals surface area contributed by atoms with Crippen molar-refractivity contribution in [2.75, 3.05) is 31.4 Å². The second-order valence-corrected chi connectivity index (χ2v) is 6.90. The first-order valence-electron chi connectivity index (χ1n) is 9.15. The van der Waals surface area contributed by atoms with Crippen LogP contribution >= 0.6 is 0 Å². The number of aromatic amines is 1. The smallest absolute Gasteiger partial charge is 0.342 e. The molecule has 0 amide bonds. The quantitative estimate of drug-likeness (QED) is 0.397. The Morgan fingerprint density at radius 2 is 1.80 bits per heavy atom. The van der Waals surface area contributed by atoms with Gasteiger partial charge in [0.25, 0.3) is 10.9 Å². The average Bonchev–Trinajstić information content (AvgIpc) is 2.76. The number of hydrogen-bond donors (Lipinski definition) is 2. The normalized spacial score (nSPS) is 10.9. The Morgan fingerprint density at radius 3 is 2.47 bits per heavy atom. The third-order valence-electron chi connectivity index (χ3n) is 4.75. The fourth-order valence-corrected chi connectivity index (χ4v) is 3.21. The number of aromatic nitrogens is 1. The van der Waals surface area contributed by atoms with Crippen LogP contribution in [0.5, 0.6) is 0 Å². The van der Waals surface area contributed by atoms with E-state index < -0.39 is 16.8 Å². The van der Waals surface area contributed by atoms with Crippen molar-refractivity contribution in [3.63, 3.8) is 0 Å². The van der Waals surface area contributed by atoms with Gasteiger partial charge in [-0.3, -0.25) is 9.59 Å². The molecule has 152 valence electrons. The van der Waals surface area contributed by atoms with Crippen LogP contribution in [0.15, 0.2) is 62.5 Å². The third kappa shape index (κ3) is 3.18. The summed E-state index contributed by atoms with van der Waals surface area (Å²) in [5.41, 5.74) is 0.103. The molecule has 0 aromatic heterocycles. The summed E-state index contributed by atoms with van der Waals surface area (Å²) in [6, 6.07) is 14.1. The average molecular weight is 405 g/mol. The fraction of sp³-hybridized carbons (Fsp3) is 0.136. The number of ether oxygens (including phenoxy) is 1. The second-order valence-electron chi connectivity index (χ2n) is 6.90. The van der Waals surface area contributed by atoms with E-state index >= 15 is 0 Å². The Morgan fingerprint density at radius 1 is 1.07 bits per heavy atom. The van der Waals surface area contributed by atoms with E-state index in [2.05, 4.69) is 10.3 Å². The summed E-state index contributed by atoms with van der Waals surface area (Å²) in [6.45, 7) is 0. The van der Waals surface area contributed by atoms with E-state index in [1.165, 1.54) is 7.11 Å². The Hall–Kier alpha value is -4.07. The van der Waals surface area contributed by atoms with E-state index in [-0.39, 0.29) is 22.0 Å². The number of fused-ring (bicyclic) bond motifs is 1. The molecule has 0 radical (unpaired) electrons. The summed E-state index contributed by atoms with van der Waals surface area (Å²) < 4.78 is 10.7. The zero-order valence-electron chi connectivity index (χ0n) is 16.6. The lowest BCUT2D eigenvalue weighted by Crippen LogP contribution is -2.30. The number of para-hydroxylation sites is 1. The van der Waals surface area contributed by atoms with Gasteiger partial charge in [-0.1, -0.05) is 18.2 Å².